The molecule has 0 saturated heterocycles. The van der Waals surface area contributed by atoms with Crippen molar-refractivity contribution in [1.29, 1.82) is 0 Å². The molecule has 0 aliphatic heterocycles. The van der Waals surface area contributed by atoms with Gasteiger partial charge in [0, 0.05) is 17.0 Å². The molecule has 0 aromatic carbocycles. The monoisotopic (exact) mass is 197 g/mol. The lowest BCUT2D eigenvalue weighted by Gasteiger charge is -1.93. The number of carbonyl (C=O) groups excluding carboxylic acids is 1. The second kappa shape index (κ2) is 3.46. The van der Waals surface area contributed by atoms with E-state index in [4.69, 9.17) is 0 Å². The number of carbonyl (C=O) groups is 1. The second-order valence-corrected chi connectivity index (χ2v) is 4.34. The molecule has 0 amide bonds. The van der Waals surface area contributed by atoms with Crippen LogP contribution in [0.2, 0.25) is 0 Å². The Morgan fingerprint density at radius 2 is 2.54 bits per heavy atom. The van der Waals surface area contributed by atoms with Crippen LogP contribution < -0.4 is 0 Å². The van der Waals surface area contributed by atoms with Crippen LogP contribution in [-0.2, 0) is 16.0 Å². The molecule has 1 saturated carbocycles. The first-order valence-electron chi connectivity index (χ1n) is 4.31. The van der Waals surface area contributed by atoms with Crippen LogP contribution >= 0.6 is 11.3 Å². The van der Waals surface area contributed by atoms with Crippen molar-refractivity contribution in [1.82, 2.24) is 4.98 Å². The van der Waals surface area contributed by atoms with Gasteiger partial charge < -0.3 is 4.74 Å². The first-order chi connectivity index (χ1) is 6.29. The van der Waals surface area contributed by atoms with Gasteiger partial charge in [0.2, 0.25) is 0 Å². The Bertz CT molecular complexity index is 317. The van der Waals surface area contributed by atoms with E-state index >= 15 is 0 Å². The van der Waals surface area contributed by atoms with E-state index in [1.807, 2.05) is 0 Å². The van der Waals surface area contributed by atoms with Crippen molar-refractivity contribution >= 4 is 17.3 Å². The zero-order valence-corrected chi connectivity index (χ0v) is 8.26. The van der Waals surface area contributed by atoms with Crippen LogP contribution in [0.4, 0.5) is 0 Å². The molecule has 0 atom stereocenters. The molecule has 1 aliphatic rings. The highest BCUT2D eigenvalue weighted by Gasteiger charge is 2.26. The number of ether oxygens (including phenoxy) is 1. The number of hydrogen-bond acceptors (Lipinski definition) is 4. The lowest BCUT2D eigenvalue weighted by molar-refractivity contribution is -0.139. The molecule has 1 heterocycles. The molecular weight excluding hydrogens is 186 g/mol. The molecule has 0 radical (unpaired) electrons. The molecule has 0 unspecified atom stereocenters. The van der Waals surface area contributed by atoms with Crippen LogP contribution in [-0.4, -0.2) is 18.1 Å². The highest BCUT2D eigenvalue weighted by molar-refractivity contribution is 7.11. The smallest absolute Gasteiger partial charge is 0.310 e. The molecule has 1 aliphatic carbocycles. The molecule has 0 bridgehead atoms. The summed E-state index contributed by atoms with van der Waals surface area (Å²) in [5.74, 6) is 0.488. The standard InChI is InChI=1S/C9H11NO2S/c1-12-8(11)4-7-5-10-9(13-7)6-2-3-6/h5-6H,2-4H2,1H3. The normalized spacial score (nSPS) is 15.8. The fraction of sp³-hybridized carbons (Fsp3) is 0.556. The summed E-state index contributed by atoms with van der Waals surface area (Å²) >= 11 is 1.64. The van der Waals surface area contributed by atoms with Gasteiger partial charge >= 0.3 is 5.97 Å². The Morgan fingerprint density at radius 3 is 3.15 bits per heavy atom. The molecule has 70 valence electrons. The summed E-state index contributed by atoms with van der Waals surface area (Å²) in [5.41, 5.74) is 0. The zero-order valence-electron chi connectivity index (χ0n) is 7.45. The number of hydrogen-bond donors (Lipinski definition) is 0. The predicted octanol–water partition coefficient (Wildman–Crippen LogP) is 1.74. The SMILES string of the molecule is COC(=O)Cc1cnc(C2CC2)s1. The second-order valence-electron chi connectivity index (χ2n) is 3.19. The van der Waals surface area contributed by atoms with Crippen LogP contribution in [0.3, 0.4) is 0 Å². The van der Waals surface area contributed by atoms with Gasteiger partial charge in [0.15, 0.2) is 0 Å². The fourth-order valence-corrected chi connectivity index (χ4v) is 2.21. The van der Waals surface area contributed by atoms with Gasteiger partial charge in [-0.25, -0.2) is 4.98 Å². The van der Waals surface area contributed by atoms with Crippen LogP contribution in [0.5, 0.6) is 0 Å². The van der Waals surface area contributed by atoms with Crippen LogP contribution in [0, 0.1) is 0 Å². The minimum Gasteiger partial charge on any atom is -0.469 e. The molecule has 0 spiro atoms. The quantitative estimate of drug-likeness (QED) is 0.693. The average Bonchev–Trinajstić information content (AvgIpc) is 2.88. The van der Waals surface area contributed by atoms with E-state index in [-0.39, 0.29) is 5.97 Å². The average molecular weight is 197 g/mol. The minimum atomic E-state index is -0.189. The van der Waals surface area contributed by atoms with Crippen molar-refractivity contribution in [3.8, 4) is 0 Å². The van der Waals surface area contributed by atoms with Crippen LogP contribution in [0.1, 0.15) is 28.6 Å². The minimum absolute atomic E-state index is 0.189. The van der Waals surface area contributed by atoms with E-state index in [0.717, 1.165) is 4.88 Å². The lowest BCUT2D eigenvalue weighted by Crippen LogP contribution is -2.02. The molecule has 1 aromatic heterocycles. The van der Waals surface area contributed by atoms with Gasteiger partial charge in [-0.3, -0.25) is 4.79 Å². The van der Waals surface area contributed by atoms with Crippen molar-refractivity contribution in [2.75, 3.05) is 7.11 Å². The van der Waals surface area contributed by atoms with Gasteiger partial charge in [-0.15, -0.1) is 11.3 Å². The molecule has 3 nitrogen and oxygen atoms in total. The summed E-state index contributed by atoms with van der Waals surface area (Å²) < 4.78 is 4.58. The third-order valence-corrected chi connectivity index (χ3v) is 3.20. The van der Waals surface area contributed by atoms with Crippen molar-refractivity contribution in [2.24, 2.45) is 0 Å². The van der Waals surface area contributed by atoms with Crippen molar-refractivity contribution < 1.29 is 9.53 Å². The highest BCUT2D eigenvalue weighted by atomic mass is 32.1. The summed E-state index contributed by atoms with van der Waals surface area (Å²) in [5, 5.41) is 1.18. The van der Waals surface area contributed by atoms with E-state index in [2.05, 4.69) is 9.72 Å². The number of thiazole rings is 1. The third kappa shape index (κ3) is 2.06. The van der Waals surface area contributed by atoms with Crippen LogP contribution in [0.25, 0.3) is 0 Å². The fourth-order valence-electron chi connectivity index (χ4n) is 1.14. The summed E-state index contributed by atoms with van der Waals surface area (Å²) in [7, 11) is 1.41. The summed E-state index contributed by atoms with van der Waals surface area (Å²) in [6.45, 7) is 0. The number of aromatic nitrogens is 1. The van der Waals surface area contributed by atoms with Gasteiger partial charge in [-0.05, 0) is 12.8 Å². The van der Waals surface area contributed by atoms with Gasteiger partial charge in [-0.2, -0.15) is 0 Å². The predicted molar refractivity (Wildman–Crippen MR) is 49.8 cm³/mol. The highest BCUT2D eigenvalue weighted by Crippen LogP contribution is 2.41. The molecule has 13 heavy (non-hydrogen) atoms. The molecule has 4 heteroatoms. The Balaban J connectivity index is 2.00. The van der Waals surface area contributed by atoms with Crippen molar-refractivity contribution in [2.45, 2.75) is 25.2 Å². The Kier molecular flexibility index (Phi) is 2.31. The van der Waals surface area contributed by atoms with E-state index in [1.165, 1.54) is 25.0 Å². The van der Waals surface area contributed by atoms with E-state index in [1.54, 1.807) is 17.5 Å². The topological polar surface area (TPSA) is 39.2 Å². The van der Waals surface area contributed by atoms with Crippen molar-refractivity contribution in [3.63, 3.8) is 0 Å². The Hall–Kier alpha value is -0.900. The molecule has 1 aromatic rings. The number of nitrogens with zero attached hydrogens (tertiary/aromatic N) is 1. The molecular formula is C9H11NO2S. The molecule has 1 fully saturated rings. The van der Waals surface area contributed by atoms with Gasteiger partial charge in [0.1, 0.15) is 0 Å². The van der Waals surface area contributed by atoms with Crippen molar-refractivity contribution in [3.05, 3.63) is 16.1 Å². The summed E-state index contributed by atoms with van der Waals surface area (Å²) in [4.78, 5) is 16.2. The zero-order chi connectivity index (χ0) is 9.26. The van der Waals surface area contributed by atoms with E-state index in [0.29, 0.717) is 12.3 Å². The maximum absolute atomic E-state index is 10.9. The molecule has 0 N–H and O–H groups in total. The Labute approximate surface area is 80.8 Å². The number of methoxy groups -OCH3 is 1. The Morgan fingerprint density at radius 1 is 1.77 bits per heavy atom. The van der Waals surface area contributed by atoms with Crippen LogP contribution in [0.15, 0.2) is 6.20 Å². The summed E-state index contributed by atoms with van der Waals surface area (Å²) in [6, 6.07) is 0. The third-order valence-electron chi connectivity index (χ3n) is 2.04. The van der Waals surface area contributed by atoms with Gasteiger partial charge in [-0.1, -0.05) is 0 Å². The first kappa shape index (κ1) is 8.69. The number of rotatable bonds is 3. The maximum atomic E-state index is 10.9. The summed E-state index contributed by atoms with van der Waals surface area (Å²) in [6.07, 6.45) is 4.66. The number of esters is 1. The van der Waals surface area contributed by atoms with E-state index in [9.17, 15) is 4.79 Å². The van der Waals surface area contributed by atoms with Gasteiger partial charge in [0.05, 0.1) is 18.5 Å². The maximum Gasteiger partial charge on any atom is 0.310 e. The lowest BCUT2D eigenvalue weighted by atomic mass is 10.4. The molecule has 2 rings (SSSR count). The van der Waals surface area contributed by atoms with E-state index < -0.39 is 0 Å². The first-order valence-corrected chi connectivity index (χ1v) is 5.12. The van der Waals surface area contributed by atoms with Gasteiger partial charge in [0.25, 0.3) is 0 Å². The largest absolute Gasteiger partial charge is 0.469 e.